The van der Waals surface area contributed by atoms with Gasteiger partial charge in [-0.1, -0.05) is 0 Å². The van der Waals surface area contributed by atoms with E-state index in [0.717, 1.165) is 23.5 Å². The lowest BCUT2D eigenvalue weighted by atomic mass is 10.1. The number of hydrogen-bond donors (Lipinski definition) is 1. The Hall–Kier alpha value is -1.86. The van der Waals surface area contributed by atoms with Gasteiger partial charge < -0.3 is 19.9 Å². The molecular weight excluding hydrogens is 218 g/mol. The van der Waals surface area contributed by atoms with Crippen LogP contribution >= 0.6 is 0 Å². The molecule has 90 valence electrons. The van der Waals surface area contributed by atoms with Crippen molar-refractivity contribution in [1.29, 1.82) is 0 Å². The first-order valence-electron chi connectivity index (χ1n) is 5.54. The van der Waals surface area contributed by atoms with Crippen molar-refractivity contribution in [2.24, 2.45) is 5.73 Å². The smallest absolute Gasteiger partial charge is 0.231 e. The minimum absolute atomic E-state index is 0.255. The minimum atomic E-state index is 0.255. The van der Waals surface area contributed by atoms with E-state index < -0.39 is 0 Å². The Labute approximate surface area is 101 Å². The number of fused-ring (bicyclic) bond motifs is 1. The Morgan fingerprint density at radius 1 is 1.35 bits per heavy atom. The van der Waals surface area contributed by atoms with Gasteiger partial charge in [-0.05, 0) is 24.6 Å². The molecule has 1 aliphatic rings. The molecule has 0 radical (unpaired) electrons. The summed E-state index contributed by atoms with van der Waals surface area (Å²) in [6, 6.07) is 3.75. The first-order valence-corrected chi connectivity index (χ1v) is 5.54. The van der Waals surface area contributed by atoms with Crippen LogP contribution in [0.4, 0.5) is 0 Å². The predicted molar refractivity (Wildman–Crippen MR) is 64.3 cm³/mol. The highest BCUT2D eigenvalue weighted by Gasteiger charge is 2.17. The molecule has 4 heteroatoms. The third-order valence-electron chi connectivity index (χ3n) is 2.47. The molecule has 0 atom stereocenters. The minimum Gasteiger partial charge on any atom is -0.492 e. The monoisotopic (exact) mass is 233 g/mol. The molecule has 0 fully saturated rings. The lowest BCUT2D eigenvalue weighted by molar-refractivity contribution is 0.173. The Balaban J connectivity index is 2.19. The van der Waals surface area contributed by atoms with E-state index >= 15 is 0 Å². The molecule has 0 saturated heterocycles. The number of nitrogens with two attached hydrogens (primary N) is 1. The Morgan fingerprint density at radius 2 is 2.12 bits per heavy atom. The van der Waals surface area contributed by atoms with E-state index in [0.29, 0.717) is 25.3 Å². The van der Waals surface area contributed by atoms with Crippen LogP contribution < -0.4 is 19.9 Å². The third-order valence-corrected chi connectivity index (χ3v) is 2.47. The molecule has 0 aromatic heterocycles. The average molecular weight is 233 g/mol. The maximum atomic E-state index is 5.62. The molecule has 1 aliphatic heterocycles. The van der Waals surface area contributed by atoms with Crippen LogP contribution in [0.2, 0.25) is 0 Å². The number of ether oxygens (including phenoxy) is 3. The van der Waals surface area contributed by atoms with Crippen molar-refractivity contribution in [2.75, 3.05) is 19.9 Å². The molecule has 0 unspecified atom stereocenters. The highest BCUT2D eigenvalue weighted by molar-refractivity contribution is 5.52. The van der Waals surface area contributed by atoms with Crippen molar-refractivity contribution in [3.8, 4) is 29.6 Å². The summed E-state index contributed by atoms with van der Waals surface area (Å²) < 4.78 is 16.2. The lowest BCUT2D eigenvalue weighted by Gasteiger charge is -2.11. The summed E-state index contributed by atoms with van der Waals surface area (Å²) in [5, 5.41) is 0. The molecule has 1 heterocycles. The zero-order valence-corrected chi connectivity index (χ0v) is 9.57. The van der Waals surface area contributed by atoms with Crippen LogP contribution in [0.25, 0.3) is 0 Å². The van der Waals surface area contributed by atoms with Crippen LogP contribution in [-0.4, -0.2) is 19.9 Å². The zero-order chi connectivity index (χ0) is 12.1. The molecule has 2 rings (SSSR count). The SMILES string of the molecule is C#CCCOc1cc2c(cc1CCN)OCO2. The fourth-order valence-electron chi connectivity index (χ4n) is 1.67. The third kappa shape index (κ3) is 2.63. The number of benzene rings is 1. The van der Waals surface area contributed by atoms with E-state index in [-0.39, 0.29) is 6.79 Å². The fraction of sp³-hybridized carbons (Fsp3) is 0.385. The maximum Gasteiger partial charge on any atom is 0.231 e. The summed E-state index contributed by atoms with van der Waals surface area (Å²) in [5.74, 6) is 4.77. The molecule has 0 saturated carbocycles. The number of terminal acetylenes is 1. The first-order chi connectivity index (χ1) is 8.35. The van der Waals surface area contributed by atoms with E-state index in [9.17, 15) is 0 Å². The van der Waals surface area contributed by atoms with Crippen LogP contribution in [0.1, 0.15) is 12.0 Å². The molecule has 0 bridgehead atoms. The second kappa shape index (κ2) is 5.46. The van der Waals surface area contributed by atoms with Crippen LogP contribution in [0.5, 0.6) is 17.2 Å². The number of hydrogen-bond acceptors (Lipinski definition) is 4. The highest BCUT2D eigenvalue weighted by Crippen LogP contribution is 2.38. The normalized spacial score (nSPS) is 12.2. The van der Waals surface area contributed by atoms with Crippen molar-refractivity contribution >= 4 is 0 Å². The van der Waals surface area contributed by atoms with Crippen LogP contribution in [0, 0.1) is 12.3 Å². The Morgan fingerprint density at radius 3 is 2.82 bits per heavy atom. The standard InChI is InChI=1S/C13H15NO3/c1-2-3-6-15-11-8-13-12(16-9-17-13)7-10(11)4-5-14/h1,7-8H,3-6,9,14H2. The van der Waals surface area contributed by atoms with Gasteiger partial charge in [-0.2, -0.15) is 0 Å². The summed E-state index contributed by atoms with van der Waals surface area (Å²) >= 11 is 0. The van der Waals surface area contributed by atoms with Gasteiger partial charge in [-0.3, -0.25) is 0 Å². The lowest BCUT2D eigenvalue weighted by Crippen LogP contribution is -2.06. The van der Waals surface area contributed by atoms with Crippen LogP contribution in [0.15, 0.2) is 12.1 Å². The molecule has 4 nitrogen and oxygen atoms in total. The molecule has 0 spiro atoms. The quantitative estimate of drug-likeness (QED) is 0.615. The zero-order valence-electron chi connectivity index (χ0n) is 9.57. The van der Waals surface area contributed by atoms with Crippen LogP contribution in [0.3, 0.4) is 0 Å². The van der Waals surface area contributed by atoms with Crippen molar-refractivity contribution in [1.82, 2.24) is 0 Å². The first kappa shape index (κ1) is 11.6. The Bertz CT molecular complexity index is 437. The second-order valence-electron chi connectivity index (χ2n) is 3.65. The topological polar surface area (TPSA) is 53.7 Å². The van der Waals surface area contributed by atoms with Gasteiger partial charge in [0, 0.05) is 12.5 Å². The summed E-state index contributed by atoms with van der Waals surface area (Å²) in [4.78, 5) is 0. The average Bonchev–Trinajstić information content (AvgIpc) is 2.77. The van der Waals surface area contributed by atoms with Crippen LogP contribution in [-0.2, 0) is 6.42 Å². The van der Waals surface area contributed by atoms with Gasteiger partial charge in [0.1, 0.15) is 5.75 Å². The summed E-state index contributed by atoms with van der Waals surface area (Å²) in [6.07, 6.45) is 6.50. The summed E-state index contributed by atoms with van der Waals surface area (Å²) in [5.41, 5.74) is 6.59. The van der Waals surface area contributed by atoms with E-state index in [1.165, 1.54) is 0 Å². The van der Waals surface area contributed by atoms with Crippen molar-refractivity contribution < 1.29 is 14.2 Å². The molecule has 0 amide bonds. The summed E-state index contributed by atoms with van der Waals surface area (Å²) in [7, 11) is 0. The van der Waals surface area contributed by atoms with Gasteiger partial charge in [-0.25, -0.2) is 0 Å². The van der Waals surface area contributed by atoms with Crippen molar-refractivity contribution in [3.63, 3.8) is 0 Å². The molecule has 0 aliphatic carbocycles. The van der Waals surface area contributed by atoms with Crippen molar-refractivity contribution in [2.45, 2.75) is 12.8 Å². The fourth-order valence-corrected chi connectivity index (χ4v) is 1.67. The van der Waals surface area contributed by atoms with Gasteiger partial charge in [0.05, 0.1) is 6.61 Å². The molecule has 2 N–H and O–H groups in total. The van der Waals surface area contributed by atoms with Crippen molar-refractivity contribution in [3.05, 3.63) is 17.7 Å². The van der Waals surface area contributed by atoms with E-state index in [1.807, 2.05) is 12.1 Å². The van der Waals surface area contributed by atoms with E-state index in [2.05, 4.69) is 5.92 Å². The van der Waals surface area contributed by atoms with Gasteiger partial charge in [0.25, 0.3) is 0 Å². The maximum absolute atomic E-state index is 5.62. The molecule has 1 aromatic carbocycles. The molecule has 1 aromatic rings. The molecular formula is C13H15NO3. The summed E-state index contributed by atoms with van der Waals surface area (Å²) in [6.45, 7) is 1.31. The second-order valence-corrected chi connectivity index (χ2v) is 3.65. The van der Waals surface area contributed by atoms with Gasteiger partial charge in [0.2, 0.25) is 6.79 Å². The van der Waals surface area contributed by atoms with Gasteiger partial charge >= 0.3 is 0 Å². The van der Waals surface area contributed by atoms with Gasteiger partial charge in [-0.15, -0.1) is 12.3 Å². The largest absolute Gasteiger partial charge is 0.492 e. The highest BCUT2D eigenvalue weighted by atomic mass is 16.7. The molecule has 17 heavy (non-hydrogen) atoms. The van der Waals surface area contributed by atoms with E-state index in [4.69, 9.17) is 26.4 Å². The van der Waals surface area contributed by atoms with Gasteiger partial charge in [0.15, 0.2) is 11.5 Å². The van der Waals surface area contributed by atoms with E-state index in [1.54, 1.807) is 0 Å². The Kier molecular flexibility index (Phi) is 3.73. The predicted octanol–water partition coefficient (Wildman–Crippen LogP) is 1.32. The number of rotatable bonds is 5.